The molecule has 1 saturated carbocycles. The molecule has 0 spiro atoms. The van der Waals surface area contributed by atoms with E-state index in [1.54, 1.807) is 0 Å². The molecule has 2 amide bonds. The Bertz CT molecular complexity index is 342. The Labute approximate surface area is 135 Å². The van der Waals surface area contributed by atoms with Crippen molar-refractivity contribution in [2.24, 2.45) is 11.8 Å². The minimum Gasteiger partial charge on any atom is -0.338 e. The summed E-state index contributed by atoms with van der Waals surface area (Å²) in [6.07, 6.45) is 3.61. The van der Waals surface area contributed by atoms with Crippen molar-refractivity contribution in [3.63, 3.8) is 0 Å². The van der Waals surface area contributed by atoms with Crippen molar-refractivity contribution in [1.29, 1.82) is 0 Å². The van der Waals surface area contributed by atoms with Crippen molar-refractivity contribution in [3.05, 3.63) is 0 Å². The molecule has 1 heterocycles. The Morgan fingerprint density at radius 3 is 2.45 bits per heavy atom. The first-order valence-corrected chi connectivity index (χ1v) is 9.07. The van der Waals surface area contributed by atoms with Gasteiger partial charge in [0, 0.05) is 45.3 Å². The first kappa shape index (κ1) is 17.5. The molecule has 128 valence electrons. The zero-order valence-corrected chi connectivity index (χ0v) is 14.6. The minimum absolute atomic E-state index is 0.0152. The van der Waals surface area contributed by atoms with E-state index in [9.17, 15) is 4.79 Å². The van der Waals surface area contributed by atoms with Crippen LogP contribution in [0, 0.1) is 11.8 Å². The van der Waals surface area contributed by atoms with E-state index in [2.05, 4.69) is 41.2 Å². The second kappa shape index (κ2) is 8.73. The number of carbonyl (C=O) groups excluding carboxylic acids is 1. The van der Waals surface area contributed by atoms with Crippen LogP contribution in [-0.2, 0) is 0 Å². The van der Waals surface area contributed by atoms with Crippen LogP contribution in [-0.4, -0.2) is 67.7 Å². The summed E-state index contributed by atoms with van der Waals surface area (Å²) in [5.41, 5.74) is 0. The molecular formula is C17H34N4O. The first-order valence-electron chi connectivity index (χ1n) is 9.07. The van der Waals surface area contributed by atoms with Crippen LogP contribution in [0.2, 0.25) is 0 Å². The maximum Gasteiger partial charge on any atom is 0.315 e. The molecule has 1 aliphatic carbocycles. The van der Waals surface area contributed by atoms with Crippen molar-refractivity contribution in [2.45, 2.75) is 46.1 Å². The number of carbonyl (C=O) groups is 1. The van der Waals surface area contributed by atoms with Crippen LogP contribution in [0.5, 0.6) is 0 Å². The molecule has 2 N–H and O–H groups in total. The quantitative estimate of drug-likeness (QED) is 0.786. The van der Waals surface area contributed by atoms with Crippen LogP contribution in [0.25, 0.3) is 0 Å². The second-order valence-electron chi connectivity index (χ2n) is 7.21. The van der Waals surface area contributed by atoms with Gasteiger partial charge >= 0.3 is 6.03 Å². The molecule has 0 bridgehead atoms. The molecular weight excluding hydrogens is 276 g/mol. The van der Waals surface area contributed by atoms with Gasteiger partial charge in [-0.15, -0.1) is 0 Å². The van der Waals surface area contributed by atoms with Gasteiger partial charge in [-0.2, -0.15) is 0 Å². The number of nitrogens with zero attached hydrogens (tertiary/aromatic N) is 2. The number of hydrogen-bond acceptors (Lipinski definition) is 3. The lowest BCUT2D eigenvalue weighted by molar-refractivity contribution is 0.124. The second-order valence-corrected chi connectivity index (χ2v) is 7.21. The number of nitrogens with one attached hydrogen (secondary N) is 2. The van der Waals surface area contributed by atoms with E-state index in [1.807, 2.05) is 0 Å². The zero-order valence-electron chi connectivity index (χ0n) is 14.6. The smallest absolute Gasteiger partial charge is 0.315 e. The Hall–Kier alpha value is -0.810. The molecule has 0 radical (unpaired) electrons. The predicted octanol–water partition coefficient (Wildman–Crippen LogP) is 1.75. The van der Waals surface area contributed by atoms with Gasteiger partial charge in [0.05, 0.1) is 0 Å². The standard InChI is InChI=1S/C17H34N4O/c1-4-20-8-10-21(11-9-20)13-14(2)12-18-17(22)19-16-7-5-6-15(16)3/h14-16H,4-13H2,1-3H3,(H2,18,19,22). The molecule has 2 aliphatic rings. The molecule has 0 aromatic heterocycles. The van der Waals surface area contributed by atoms with Crippen molar-refractivity contribution in [3.8, 4) is 0 Å². The lowest BCUT2D eigenvalue weighted by atomic mass is 10.1. The molecule has 22 heavy (non-hydrogen) atoms. The van der Waals surface area contributed by atoms with Gasteiger partial charge in [0.1, 0.15) is 0 Å². The Kier molecular flexibility index (Phi) is 6.96. The van der Waals surface area contributed by atoms with Gasteiger partial charge in [-0.1, -0.05) is 27.2 Å². The fourth-order valence-electron chi connectivity index (χ4n) is 3.64. The van der Waals surface area contributed by atoms with Crippen molar-refractivity contribution >= 4 is 6.03 Å². The SMILES string of the molecule is CCN1CCN(CC(C)CNC(=O)NC2CCCC2C)CC1. The van der Waals surface area contributed by atoms with Crippen LogP contribution in [0.3, 0.4) is 0 Å². The molecule has 5 nitrogen and oxygen atoms in total. The van der Waals surface area contributed by atoms with E-state index in [0.717, 1.165) is 39.1 Å². The van der Waals surface area contributed by atoms with Crippen LogP contribution >= 0.6 is 0 Å². The molecule has 1 aliphatic heterocycles. The molecule has 3 atom stereocenters. The maximum atomic E-state index is 12.0. The summed E-state index contributed by atoms with van der Waals surface area (Å²) in [7, 11) is 0. The van der Waals surface area contributed by atoms with Gasteiger partial charge in [-0.05, 0) is 31.2 Å². The first-order chi connectivity index (χ1) is 10.6. The average molecular weight is 310 g/mol. The third-order valence-electron chi connectivity index (χ3n) is 5.27. The van der Waals surface area contributed by atoms with E-state index in [-0.39, 0.29) is 6.03 Å². The minimum atomic E-state index is 0.0152. The maximum absolute atomic E-state index is 12.0. The van der Waals surface area contributed by atoms with Gasteiger partial charge in [-0.25, -0.2) is 4.79 Å². The summed E-state index contributed by atoms with van der Waals surface area (Å²) >= 11 is 0. The molecule has 0 aromatic carbocycles. The molecule has 2 rings (SSSR count). The van der Waals surface area contributed by atoms with Crippen LogP contribution in [0.15, 0.2) is 0 Å². The number of piperazine rings is 1. The number of hydrogen-bond donors (Lipinski definition) is 2. The highest BCUT2D eigenvalue weighted by Gasteiger charge is 2.24. The third-order valence-corrected chi connectivity index (χ3v) is 5.27. The molecule has 0 aromatic rings. The number of urea groups is 1. The highest BCUT2D eigenvalue weighted by molar-refractivity contribution is 5.74. The number of rotatable bonds is 6. The van der Waals surface area contributed by atoms with E-state index >= 15 is 0 Å². The van der Waals surface area contributed by atoms with Crippen LogP contribution in [0.1, 0.15) is 40.0 Å². The predicted molar refractivity (Wildman–Crippen MR) is 91.1 cm³/mol. The van der Waals surface area contributed by atoms with Crippen molar-refractivity contribution < 1.29 is 4.79 Å². The summed E-state index contributed by atoms with van der Waals surface area (Å²) in [5.74, 6) is 1.12. The summed E-state index contributed by atoms with van der Waals surface area (Å²) in [5, 5.41) is 6.18. The topological polar surface area (TPSA) is 47.6 Å². The summed E-state index contributed by atoms with van der Waals surface area (Å²) in [6.45, 7) is 14.4. The Balaban J connectivity index is 1.59. The third kappa shape index (κ3) is 5.43. The molecule has 5 heteroatoms. The van der Waals surface area contributed by atoms with Gasteiger partial charge in [0.2, 0.25) is 0 Å². The van der Waals surface area contributed by atoms with E-state index in [1.165, 1.54) is 25.9 Å². The van der Waals surface area contributed by atoms with E-state index < -0.39 is 0 Å². The molecule has 3 unspecified atom stereocenters. The lowest BCUT2D eigenvalue weighted by Crippen LogP contribution is -2.49. The van der Waals surface area contributed by atoms with Gasteiger partial charge in [0.25, 0.3) is 0 Å². The average Bonchev–Trinajstić information content (AvgIpc) is 2.91. The van der Waals surface area contributed by atoms with Gasteiger partial charge < -0.3 is 20.4 Å². The summed E-state index contributed by atoms with van der Waals surface area (Å²) in [6, 6.07) is 0.388. The fourth-order valence-corrected chi connectivity index (χ4v) is 3.64. The zero-order chi connectivity index (χ0) is 15.9. The number of amides is 2. The summed E-state index contributed by atoms with van der Waals surface area (Å²) in [4.78, 5) is 17.0. The highest BCUT2D eigenvalue weighted by atomic mass is 16.2. The Morgan fingerprint density at radius 1 is 1.18 bits per heavy atom. The Morgan fingerprint density at radius 2 is 1.86 bits per heavy atom. The fraction of sp³-hybridized carbons (Fsp3) is 0.941. The van der Waals surface area contributed by atoms with E-state index in [4.69, 9.17) is 0 Å². The summed E-state index contributed by atoms with van der Waals surface area (Å²) < 4.78 is 0. The van der Waals surface area contributed by atoms with Crippen LogP contribution in [0.4, 0.5) is 4.79 Å². The van der Waals surface area contributed by atoms with Gasteiger partial charge in [-0.3, -0.25) is 0 Å². The number of likely N-dealkylation sites (N-methyl/N-ethyl adjacent to an activating group) is 1. The van der Waals surface area contributed by atoms with Crippen molar-refractivity contribution in [1.82, 2.24) is 20.4 Å². The molecule has 1 saturated heterocycles. The monoisotopic (exact) mass is 310 g/mol. The molecule has 2 fully saturated rings. The normalized spacial score (nSPS) is 28.5. The van der Waals surface area contributed by atoms with E-state index in [0.29, 0.717) is 17.9 Å². The van der Waals surface area contributed by atoms with Crippen LogP contribution < -0.4 is 10.6 Å². The van der Waals surface area contributed by atoms with Gasteiger partial charge in [0.15, 0.2) is 0 Å². The largest absolute Gasteiger partial charge is 0.338 e. The van der Waals surface area contributed by atoms with Crippen molar-refractivity contribution in [2.75, 3.05) is 45.8 Å². The highest BCUT2D eigenvalue weighted by Crippen LogP contribution is 2.24. The lowest BCUT2D eigenvalue weighted by Gasteiger charge is -2.35.